The number of morpholine rings is 1. The van der Waals surface area contributed by atoms with Gasteiger partial charge in [-0.05, 0) is 51.6 Å². The summed E-state index contributed by atoms with van der Waals surface area (Å²) in [5, 5.41) is 6.90. The molecule has 1 unspecified atom stereocenters. The highest BCUT2D eigenvalue weighted by Crippen LogP contribution is 2.05. The van der Waals surface area contributed by atoms with Crippen molar-refractivity contribution in [3.05, 3.63) is 35.9 Å². The number of hydrogen-bond donors (Lipinski definition) is 2. The molecule has 5 nitrogen and oxygen atoms in total. The molecular formula is C21H37IN4O. The molecule has 0 aromatic heterocycles. The molecule has 154 valence electrons. The van der Waals surface area contributed by atoms with Crippen LogP contribution >= 0.6 is 24.0 Å². The number of aryl methyl sites for hydroxylation is 1. The van der Waals surface area contributed by atoms with Crippen LogP contribution in [0.2, 0.25) is 0 Å². The second kappa shape index (κ2) is 15.1. The van der Waals surface area contributed by atoms with E-state index in [1.807, 2.05) is 0 Å². The van der Waals surface area contributed by atoms with Crippen LogP contribution in [0.5, 0.6) is 0 Å². The Kier molecular flexibility index (Phi) is 13.5. The van der Waals surface area contributed by atoms with Gasteiger partial charge >= 0.3 is 0 Å². The van der Waals surface area contributed by atoms with E-state index < -0.39 is 0 Å². The minimum Gasteiger partial charge on any atom is -0.379 e. The number of halogens is 1. The third-order valence-electron chi connectivity index (χ3n) is 4.69. The molecule has 1 saturated heterocycles. The number of unbranched alkanes of at least 4 members (excludes halogenated alkanes) is 1. The number of aliphatic imine (C=N–C) groups is 1. The fourth-order valence-electron chi connectivity index (χ4n) is 3.12. The molecule has 1 fully saturated rings. The van der Waals surface area contributed by atoms with E-state index in [0.29, 0.717) is 6.04 Å². The molecule has 0 aliphatic carbocycles. The molecule has 1 aromatic carbocycles. The largest absolute Gasteiger partial charge is 0.379 e. The quantitative estimate of drug-likeness (QED) is 0.230. The van der Waals surface area contributed by atoms with Gasteiger partial charge in [0.1, 0.15) is 0 Å². The molecule has 27 heavy (non-hydrogen) atoms. The Morgan fingerprint density at radius 2 is 1.93 bits per heavy atom. The molecule has 0 spiro atoms. The number of nitrogens with zero attached hydrogens (tertiary/aromatic N) is 2. The van der Waals surface area contributed by atoms with E-state index in [2.05, 4.69) is 59.7 Å². The Hall–Kier alpha value is -0.860. The number of hydrogen-bond acceptors (Lipinski definition) is 3. The Morgan fingerprint density at radius 1 is 1.19 bits per heavy atom. The SMILES string of the molecule is CCNC(=NCCCCN1CCOCC1)NC(C)CCc1ccccc1.I. The van der Waals surface area contributed by atoms with Crippen molar-refractivity contribution in [3.63, 3.8) is 0 Å². The lowest BCUT2D eigenvalue weighted by atomic mass is 10.1. The van der Waals surface area contributed by atoms with E-state index in [-0.39, 0.29) is 24.0 Å². The zero-order chi connectivity index (χ0) is 18.5. The minimum atomic E-state index is 0. The van der Waals surface area contributed by atoms with Gasteiger partial charge in [-0.1, -0.05) is 30.3 Å². The molecule has 1 aromatic rings. The van der Waals surface area contributed by atoms with Gasteiger partial charge in [0.05, 0.1) is 13.2 Å². The summed E-state index contributed by atoms with van der Waals surface area (Å²) in [5.74, 6) is 0.944. The van der Waals surface area contributed by atoms with Gasteiger partial charge in [0.25, 0.3) is 0 Å². The lowest BCUT2D eigenvalue weighted by Crippen LogP contribution is -2.42. The maximum Gasteiger partial charge on any atom is 0.191 e. The van der Waals surface area contributed by atoms with Gasteiger partial charge in [0.15, 0.2) is 5.96 Å². The number of ether oxygens (including phenoxy) is 1. The van der Waals surface area contributed by atoms with Gasteiger partial charge in [-0.3, -0.25) is 9.89 Å². The van der Waals surface area contributed by atoms with Crippen LogP contribution in [0.3, 0.4) is 0 Å². The third-order valence-corrected chi connectivity index (χ3v) is 4.69. The molecule has 6 heteroatoms. The van der Waals surface area contributed by atoms with Crippen molar-refractivity contribution < 1.29 is 4.74 Å². The molecule has 1 aliphatic rings. The first-order valence-electron chi connectivity index (χ1n) is 10.2. The monoisotopic (exact) mass is 488 g/mol. The summed E-state index contributed by atoms with van der Waals surface area (Å²) in [7, 11) is 0. The Balaban J connectivity index is 0.00000364. The molecule has 1 heterocycles. The van der Waals surface area contributed by atoms with Gasteiger partial charge < -0.3 is 15.4 Å². The van der Waals surface area contributed by atoms with Crippen LogP contribution in [0.15, 0.2) is 35.3 Å². The molecule has 2 N–H and O–H groups in total. The Labute approximate surface area is 182 Å². The van der Waals surface area contributed by atoms with Gasteiger partial charge in [0, 0.05) is 32.2 Å². The topological polar surface area (TPSA) is 48.9 Å². The lowest BCUT2D eigenvalue weighted by molar-refractivity contribution is 0.0373. The number of guanidine groups is 1. The fourth-order valence-corrected chi connectivity index (χ4v) is 3.12. The minimum absolute atomic E-state index is 0. The van der Waals surface area contributed by atoms with Gasteiger partial charge in [0.2, 0.25) is 0 Å². The van der Waals surface area contributed by atoms with E-state index in [1.54, 1.807) is 0 Å². The normalized spacial score (nSPS) is 16.4. The van der Waals surface area contributed by atoms with Gasteiger partial charge in [-0.2, -0.15) is 0 Å². The second-order valence-electron chi connectivity index (χ2n) is 6.99. The average Bonchev–Trinajstić information content (AvgIpc) is 2.68. The molecule has 1 aliphatic heterocycles. The van der Waals surface area contributed by atoms with Crippen LogP contribution in [-0.2, 0) is 11.2 Å². The molecule has 2 rings (SSSR count). The summed E-state index contributed by atoms with van der Waals surface area (Å²) in [4.78, 5) is 7.23. The van der Waals surface area contributed by atoms with Crippen molar-refractivity contribution in [2.45, 2.75) is 45.6 Å². The molecule has 0 radical (unpaired) electrons. The van der Waals surface area contributed by atoms with Crippen LogP contribution in [0.4, 0.5) is 0 Å². The third kappa shape index (κ3) is 10.9. The van der Waals surface area contributed by atoms with Gasteiger partial charge in [-0.15, -0.1) is 24.0 Å². The predicted octanol–water partition coefficient (Wildman–Crippen LogP) is 3.29. The summed E-state index contributed by atoms with van der Waals surface area (Å²) in [6.45, 7) is 11.2. The van der Waals surface area contributed by atoms with E-state index in [9.17, 15) is 0 Å². The first-order valence-corrected chi connectivity index (χ1v) is 10.2. The first-order chi connectivity index (χ1) is 12.8. The summed E-state index contributed by atoms with van der Waals surface area (Å²) >= 11 is 0. The van der Waals surface area contributed by atoms with Crippen molar-refractivity contribution in [1.29, 1.82) is 0 Å². The molecule has 0 bridgehead atoms. The van der Waals surface area contributed by atoms with E-state index in [1.165, 1.54) is 12.0 Å². The number of rotatable bonds is 10. The zero-order valence-electron chi connectivity index (χ0n) is 17.0. The van der Waals surface area contributed by atoms with Crippen molar-refractivity contribution in [1.82, 2.24) is 15.5 Å². The van der Waals surface area contributed by atoms with Crippen LogP contribution in [-0.4, -0.2) is 62.8 Å². The smallest absolute Gasteiger partial charge is 0.191 e. The summed E-state index contributed by atoms with van der Waals surface area (Å²) in [6, 6.07) is 11.1. The summed E-state index contributed by atoms with van der Waals surface area (Å²) in [5.41, 5.74) is 1.39. The van der Waals surface area contributed by atoms with E-state index in [4.69, 9.17) is 9.73 Å². The molecule has 0 amide bonds. The first kappa shape index (κ1) is 24.2. The number of nitrogens with one attached hydrogen (secondary N) is 2. The fraction of sp³-hybridized carbons (Fsp3) is 0.667. The maximum atomic E-state index is 5.39. The zero-order valence-corrected chi connectivity index (χ0v) is 19.3. The standard InChI is InChI=1S/C21H36N4O.HI/c1-3-22-21(23-13-7-8-14-25-15-17-26-18-16-25)24-19(2)11-12-20-9-5-4-6-10-20;/h4-6,9-10,19H,3,7-8,11-18H2,1-2H3,(H2,22,23,24);1H. The Morgan fingerprint density at radius 3 is 2.63 bits per heavy atom. The van der Waals surface area contributed by atoms with E-state index in [0.717, 1.165) is 71.2 Å². The highest BCUT2D eigenvalue weighted by molar-refractivity contribution is 14.0. The average molecular weight is 488 g/mol. The molecule has 0 saturated carbocycles. The van der Waals surface area contributed by atoms with E-state index >= 15 is 0 Å². The Bertz CT molecular complexity index is 506. The van der Waals surface area contributed by atoms with Crippen LogP contribution in [0.25, 0.3) is 0 Å². The predicted molar refractivity (Wildman–Crippen MR) is 125 cm³/mol. The highest BCUT2D eigenvalue weighted by atomic mass is 127. The lowest BCUT2D eigenvalue weighted by Gasteiger charge is -2.26. The highest BCUT2D eigenvalue weighted by Gasteiger charge is 2.09. The van der Waals surface area contributed by atoms with Crippen molar-refractivity contribution in [2.75, 3.05) is 45.9 Å². The van der Waals surface area contributed by atoms with Gasteiger partial charge in [-0.25, -0.2) is 0 Å². The summed E-state index contributed by atoms with van der Waals surface area (Å²) in [6.07, 6.45) is 4.53. The number of benzene rings is 1. The van der Waals surface area contributed by atoms with Crippen molar-refractivity contribution in [3.8, 4) is 0 Å². The molecule has 1 atom stereocenters. The summed E-state index contributed by atoms with van der Waals surface area (Å²) < 4.78 is 5.39. The maximum absolute atomic E-state index is 5.39. The van der Waals surface area contributed by atoms with Crippen LogP contribution in [0.1, 0.15) is 38.7 Å². The second-order valence-corrected chi connectivity index (χ2v) is 6.99. The van der Waals surface area contributed by atoms with Crippen molar-refractivity contribution >= 4 is 29.9 Å². The van der Waals surface area contributed by atoms with Crippen LogP contribution < -0.4 is 10.6 Å². The van der Waals surface area contributed by atoms with Crippen molar-refractivity contribution in [2.24, 2.45) is 4.99 Å². The molecular weight excluding hydrogens is 451 g/mol. The van der Waals surface area contributed by atoms with Crippen LogP contribution in [0, 0.1) is 0 Å².